The third-order valence-corrected chi connectivity index (χ3v) is 3.71. The van der Waals surface area contributed by atoms with Gasteiger partial charge in [-0.3, -0.25) is 10.1 Å². The van der Waals surface area contributed by atoms with Gasteiger partial charge in [0, 0.05) is 5.38 Å². The summed E-state index contributed by atoms with van der Waals surface area (Å²) in [4.78, 5) is 28.2. The number of para-hydroxylation sites is 1. The lowest BCUT2D eigenvalue weighted by molar-refractivity contribution is 0.0520. The monoisotopic (exact) mass is 344 g/mol. The van der Waals surface area contributed by atoms with Gasteiger partial charge in [-0.2, -0.15) is 4.68 Å². The number of rotatable bonds is 5. The van der Waals surface area contributed by atoms with Crippen LogP contribution in [0.1, 0.15) is 27.8 Å². The average Bonchev–Trinajstić information content (AvgIpc) is 3.27. The fourth-order valence-corrected chi connectivity index (χ4v) is 2.61. The molecule has 0 atom stereocenters. The highest BCUT2D eigenvalue weighted by atomic mass is 32.1. The second kappa shape index (κ2) is 6.96. The predicted molar refractivity (Wildman–Crippen MR) is 85.2 cm³/mol. The zero-order valence-electron chi connectivity index (χ0n) is 12.5. The molecule has 1 N–H and O–H groups in total. The molecule has 2 aromatic heterocycles. The Morgan fingerprint density at radius 3 is 2.92 bits per heavy atom. The minimum atomic E-state index is -0.525. The number of benzene rings is 1. The highest BCUT2D eigenvalue weighted by Crippen LogP contribution is 2.19. The Balaban J connectivity index is 1.80. The van der Waals surface area contributed by atoms with Crippen LogP contribution >= 0.6 is 11.3 Å². The number of hydrogen-bond donors (Lipinski definition) is 1. The largest absolute Gasteiger partial charge is 0.461 e. The number of ether oxygens (including phenoxy) is 1. The average molecular weight is 344 g/mol. The van der Waals surface area contributed by atoms with Gasteiger partial charge < -0.3 is 4.74 Å². The normalized spacial score (nSPS) is 10.4. The van der Waals surface area contributed by atoms with E-state index in [9.17, 15) is 9.59 Å². The summed E-state index contributed by atoms with van der Waals surface area (Å²) >= 11 is 1.14. The van der Waals surface area contributed by atoms with Crippen molar-refractivity contribution in [2.24, 2.45) is 0 Å². The molecule has 122 valence electrons. The predicted octanol–water partition coefficient (Wildman–Crippen LogP) is 1.55. The number of amides is 1. The Morgan fingerprint density at radius 1 is 1.33 bits per heavy atom. The van der Waals surface area contributed by atoms with E-state index in [0.717, 1.165) is 11.3 Å². The highest BCUT2D eigenvalue weighted by molar-refractivity contribution is 7.14. The van der Waals surface area contributed by atoms with Crippen molar-refractivity contribution in [3.05, 3.63) is 47.2 Å². The SMILES string of the molecule is CCOC(=O)c1csc(NC(=O)c2ccccc2-n2cnnn2)n1. The molecule has 0 radical (unpaired) electrons. The van der Waals surface area contributed by atoms with Gasteiger partial charge >= 0.3 is 5.97 Å². The molecule has 0 bridgehead atoms. The molecule has 10 heteroatoms. The number of carbonyl (C=O) groups excluding carboxylic acids is 2. The Morgan fingerprint density at radius 2 is 2.17 bits per heavy atom. The molecule has 0 spiro atoms. The van der Waals surface area contributed by atoms with Gasteiger partial charge in [0.25, 0.3) is 5.91 Å². The molecular weight excluding hydrogens is 332 g/mol. The fourth-order valence-electron chi connectivity index (χ4n) is 1.93. The highest BCUT2D eigenvalue weighted by Gasteiger charge is 2.17. The summed E-state index contributed by atoms with van der Waals surface area (Å²) in [5, 5.41) is 15.4. The number of carbonyl (C=O) groups is 2. The standard InChI is InChI=1S/C14H12N6O3S/c1-2-23-13(22)10-7-24-14(16-10)17-12(21)9-5-3-4-6-11(9)20-8-15-18-19-20/h3-8H,2H2,1H3,(H,16,17,21). The topological polar surface area (TPSA) is 112 Å². The zero-order chi connectivity index (χ0) is 16.9. The summed E-state index contributed by atoms with van der Waals surface area (Å²) < 4.78 is 6.26. The number of thiazole rings is 1. The molecule has 1 amide bonds. The van der Waals surface area contributed by atoms with Crippen LogP contribution in [-0.2, 0) is 4.74 Å². The van der Waals surface area contributed by atoms with E-state index in [4.69, 9.17) is 4.74 Å². The molecule has 1 aromatic carbocycles. The van der Waals surface area contributed by atoms with Crippen LogP contribution in [0, 0.1) is 0 Å². The van der Waals surface area contributed by atoms with Crippen LogP contribution in [0.5, 0.6) is 0 Å². The number of nitrogens with one attached hydrogen (secondary N) is 1. The smallest absolute Gasteiger partial charge is 0.357 e. The lowest BCUT2D eigenvalue weighted by Crippen LogP contribution is -2.15. The van der Waals surface area contributed by atoms with Crippen LogP contribution in [0.3, 0.4) is 0 Å². The van der Waals surface area contributed by atoms with Crippen molar-refractivity contribution in [2.45, 2.75) is 6.92 Å². The Kier molecular flexibility index (Phi) is 4.57. The molecule has 3 aromatic rings. The summed E-state index contributed by atoms with van der Waals surface area (Å²) in [6.07, 6.45) is 1.40. The lowest BCUT2D eigenvalue weighted by Gasteiger charge is -2.07. The zero-order valence-corrected chi connectivity index (χ0v) is 13.4. The van der Waals surface area contributed by atoms with Gasteiger partial charge in [0.15, 0.2) is 10.8 Å². The van der Waals surface area contributed by atoms with Gasteiger partial charge in [0.1, 0.15) is 6.33 Å². The third-order valence-electron chi connectivity index (χ3n) is 2.95. The fraction of sp³-hybridized carbons (Fsp3) is 0.143. The molecule has 0 saturated carbocycles. The number of tetrazole rings is 1. The summed E-state index contributed by atoms with van der Waals surface area (Å²) in [6.45, 7) is 1.97. The van der Waals surface area contributed by atoms with Crippen LogP contribution in [0.25, 0.3) is 5.69 Å². The third kappa shape index (κ3) is 3.27. The van der Waals surface area contributed by atoms with E-state index in [-0.39, 0.29) is 18.2 Å². The second-order valence-electron chi connectivity index (χ2n) is 4.48. The Labute approximate surface area is 140 Å². The number of anilines is 1. The van der Waals surface area contributed by atoms with Crippen molar-refractivity contribution >= 4 is 28.3 Å². The van der Waals surface area contributed by atoms with Crippen LogP contribution in [0.15, 0.2) is 36.0 Å². The van der Waals surface area contributed by atoms with Gasteiger partial charge in [-0.1, -0.05) is 12.1 Å². The maximum Gasteiger partial charge on any atom is 0.357 e. The van der Waals surface area contributed by atoms with E-state index in [1.807, 2.05) is 0 Å². The maximum absolute atomic E-state index is 12.5. The van der Waals surface area contributed by atoms with Gasteiger partial charge in [-0.25, -0.2) is 9.78 Å². The number of aromatic nitrogens is 5. The minimum Gasteiger partial charge on any atom is -0.461 e. The molecule has 0 saturated heterocycles. The molecule has 3 rings (SSSR count). The summed E-state index contributed by atoms with van der Waals surface area (Å²) in [5.41, 5.74) is 1.06. The van der Waals surface area contributed by atoms with Crippen LogP contribution in [0.4, 0.5) is 5.13 Å². The van der Waals surface area contributed by atoms with E-state index in [1.54, 1.807) is 31.2 Å². The van der Waals surface area contributed by atoms with Crippen molar-refractivity contribution in [1.29, 1.82) is 0 Å². The van der Waals surface area contributed by atoms with Gasteiger partial charge in [-0.05, 0) is 29.5 Å². The molecule has 0 aliphatic heterocycles. The lowest BCUT2D eigenvalue weighted by atomic mass is 10.1. The summed E-state index contributed by atoms with van der Waals surface area (Å²) in [6, 6.07) is 6.87. The quantitative estimate of drug-likeness (QED) is 0.699. The van der Waals surface area contributed by atoms with E-state index < -0.39 is 5.97 Å². The van der Waals surface area contributed by atoms with Crippen molar-refractivity contribution in [3.63, 3.8) is 0 Å². The molecule has 24 heavy (non-hydrogen) atoms. The van der Waals surface area contributed by atoms with E-state index in [0.29, 0.717) is 16.4 Å². The summed E-state index contributed by atoms with van der Waals surface area (Å²) in [7, 11) is 0. The molecule has 0 unspecified atom stereocenters. The first-order chi connectivity index (χ1) is 11.7. The van der Waals surface area contributed by atoms with Crippen LogP contribution < -0.4 is 5.32 Å². The number of hydrogen-bond acceptors (Lipinski definition) is 8. The van der Waals surface area contributed by atoms with E-state index in [2.05, 4.69) is 25.8 Å². The molecule has 2 heterocycles. The first-order valence-corrected chi connectivity index (χ1v) is 7.83. The van der Waals surface area contributed by atoms with Crippen molar-refractivity contribution in [2.75, 3.05) is 11.9 Å². The number of esters is 1. The summed E-state index contributed by atoms with van der Waals surface area (Å²) in [5.74, 6) is -0.908. The van der Waals surface area contributed by atoms with Crippen molar-refractivity contribution in [3.8, 4) is 5.69 Å². The number of nitrogens with zero attached hydrogens (tertiary/aromatic N) is 5. The first-order valence-electron chi connectivity index (χ1n) is 6.95. The minimum absolute atomic E-state index is 0.158. The van der Waals surface area contributed by atoms with Crippen molar-refractivity contribution in [1.82, 2.24) is 25.2 Å². The van der Waals surface area contributed by atoms with Crippen LogP contribution in [0.2, 0.25) is 0 Å². The maximum atomic E-state index is 12.5. The molecule has 9 nitrogen and oxygen atoms in total. The molecule has 0 aliphatic rings. The van der Waals surface area contributed by atoms with Crippen molar-refractivity contribution < 1.29 is 14.3 Å². The first kappa shape index (κ1) is 15.7. The van der Waals surface area contributed by atoms with Gasteiger partial charge in [0.05, 0.1) is 17.9 Å². The Bertz CT molecular complexity index is 861. The molecule has 0 aliphatic carbocycles. The van der Waals surface area contributed by atoms with Gasteiger partial charge in [-0.15, -0.1) is 16.4 Å². The molecule has 0 fully saturated rings. The van der Waals surface area contributed by atoms with E-state index >= 15 is 0 Å². The van der Waals surface area contributed by atoms with E-state index in [1.165, 1.54) is 16.4 Å². The van der Waals surface area contributed by atoms with Gasteiger partial charge in [0.2, 0.25) is 0 Å². The Hall–Kier alpha value is -3.14. The van der Waals surface area contributed by atoms with Crippen LogP contribution in [-0.4, -0.2) is 43.7 Å². The second-order valence-corrected chi connectivity index (χ2v) is 5.34. The molecular formula is C14H12N6O3S.